The van der Waals surface area contributed by atoms with E-state index in [0.717, 1.165) is 18.4 Å². The standard InChI is InChI=1S/C18H22N2O/c1-13-8-11-16(12-17(13)19)18(21)20-14(2)9-10-15-6-4-3-5-7-15/h3-8,11-12,14H,9-10,19H2,1-2H3,(H,20,21). The number of nitrogens with one attached hydrogen (secondary N) is 1. The van der Waals surface area contributed by atoms with Crippen LogP contribution in [0.25, 0.3) is 0 Å². The fraction of sp³-hybridized carbons (Fsp3) is 0.278. The van der Waals surface area contributed by atoms with Gasteiger partial charge in [0, 0.05) is 17.3 Å². The summed E-state index contributed by atoms with van der Waals surface area (Å²) in [5, 5.41) is 3.02. The van der Waals surface area contributed by atoms with Gasteiger partial charge in [0.2, 0.25) is 0 Å². The lowest BCUT2D eigenvalue weighted by molar-refractivity contribution is 0.0938. The van der Waals surface area contributed by atoms with Gasteiger partial charge in [0.05, 0.1) is 0 Å². The topological polar surface area (TPSA) is 55.1 Å². The smallest absolute Gasteiger partial charge is 0.251 e. The monoisotopic (exact) mass is 282 g/mol. The van der Waals surface area contributed by atoms with Crippen molar-refractivity contribution in [1.29, 1.82) is 0 Å². The van der Waals surface area contributed by atoms with Crippen LogP contribution in [0.3, 0.4) is 0 Å². The molecule has 0 heterocycles. The summed E-state index contributed by atoms with van der Waals surface area (Å²) < 4.78 is 0. The fourth-order valence-corrected chi connectivity index (χ4v) is 2.19. The third-order valence-corrected chi connectivity index (χ3v) is 3.63. The van der Waals surface area contributed by atoms with Crippen LogP contribution in [0.1, 0.15) is 34.8 Å². The molecule has 110 valence electrons. The van der Waals surface area contributed by atoms with Crippen molar-refractivity contribution in [3.05, 3.63) is 65.2 Å². The van der Waals surface area contributed by atoms with Crippen LogP contribution in [-0.2, 0) is 6.42 Å². The highest BCUT2D eigenvalue weighted by Crippen LogP contribution is 2.13. The summed E-state index contributed by atoms with van der Waals surface area (Å²) >= 11 is 0. The number of rotatable bonds is 5. The van der Waals surface area contributed by atoms with Crippen LogP contribution < -0.4 is 11.1 Å². The predicted octanol–water partition coefficient (Wildman–Crippen LogP) is 3.33. The van der Waals surface area contributed by atoms with E-state index in [1.54, 1.807) is 6.07 Å². The van der Waals surface area contributed by atoms with E-state index in [4.69, 9.17) is 5.73 Å². The number of hydrogen-bond donors (Lipinski definition) is 2. The van der Waals surface area contributed by atoms with Gasteiger partial charge in [0.1, 0.15) is 0 Å². The molecule has 1 amide bonds. The number of hydrogen-bond acceptors (Lipinski definition) is 2. The lowest BCUT2D eigenvalue weighted by atomic mass is 10.1. The molecule has 0 fully saturated rings. The molecule has 21 heavy (non-hydrogen) atoms. The van der Waals surface area contributed by atoms with Gasteiger partial charge < -0.3 is 11.1 Å². The summed E-state index contributed by atoms with van der Waals surface area (Å²) in [6.07, 6.45) is 1.87. The van der Waals surface area contributed by atoms with Crippen LogP contribution in [-0.4, -0.2) is 11.9 Å². The summed E-state index contributed by atoms with van der Waals surface area (Å²) in [5.41, 5.74) is 9.39. The molecule has 3 nitrogen and oxygen atoms in total. The maximum Gasteiger partial charge on any atom is 0.251 e. The Balaban J connectivity index is 1.88. The van der Waals surface area contributed by atoms with Crippen LogP contribution >= 0.6 is 0 Å². The molecule has 2 aromatic rings. The van der Waals surface area contributed by atoms with Crippen molar-refractivity contribution < 1.29 is 4.79 Å². The second kappa shape index (κ2) is 6.93. The number of benzene rings is 2. The van der Waals surface area contributed by atoms with E-state index in [2.05, 4.69) is 17.4 Å². The predicted molar refractivity (Wildman–Crippen MR) is 87.3 cm³/mol. The number of carbonyl (C=O) groups is 1. The first-order valence-corrected chi connectivity index (χ1v) is 7.27. The molecule has 0 bridgehead atoms. The number of carbonyl (C=O) groups excluding carboxylic acids is 1. The summed E-state index contributed by atoms with van der Waals surface area (Å²) in [5.74, 6) is -0.0674. The minimum absolute atomic E-state index is 0.0674. The van der Waals surface area contributed by atoms with Crippen molar-refractivity contribution in [2.24, 2.45) is 0 Å². The number of aryl methyl sites for hydroxylation is 2. The van der Waals surface area contributed by atoms with Crippen LogP contribution in [0.4, 0.5) is 5.69 Å². The third kappa shape index (κ3) is 4.35. The summed E-state index contributed by atoms with van der Waals surface area (Å²) in [7, 11) is 0. The SMILES string of the molecule is Cc1ccc(C(=O)NC(C)CCc2ccccc2)cc1N. The Morgan fingerprint density at radius 3 is 2.57 bits per heavy atom. The third-order valence-electron chi connectivity index (χ3n) is 3.63. The molecule has 0 aromatic heterocycles. The maximum atomic E-state index is 12.2. The van der Waals surface area contributed by atoms with Gasteiger partial charge >= 0.3 is 0 Å². The molecule has 0 radical (unpaired) electrons. The van der Waals surface area contributed by atoms with Crippen LogP contribution in [0.5, 0.6) is 0 Å². The van der Waals surface area contributed by atoms with Gasteiger partial charge in [-0.2, -0.15) is 0 Å². The van der Waals surface area contributed by atoms with Crippen molar-refractivity contribution >= 4 is 11.6 Å². The molecule has 3 heteroatoms. The molecule has 0 spiro atoms. The second-order valence-corrected chi connectivity index (χ2v) is 5.47. The van der Waals surface area contributed by atoms with Gasteiger partial charge in [-0.25, -0.2) is 0 Å². The van der Waals surface area contributed by atoms with Crippen molar-refractivity contribution in [1.82, 2.24) is 5.32 Å². The Labute approximate surface area is 126 Å². The molecule has 0 saturated carbocycles. The van der Waals surface area contributed by atoms with E-state index in [1.165, 1.54) is 5.56 Å². The van der Waals surface area contributed by atoms with Gasteiger partial charge in [-0.3, -0.25) is 4.79 Å². The molecule has 2 rings (SSSR count). The Morgan fingerprint density at radius 2 is 1.90 bits per heavy atom. The highest BCUT2D eigenvalue weighted by Gasteiger charge is 2.10. The van der Waals surface area contributed by atoms with E-state index in [1.807, 2.05) is 44.2 Å². The first-order valence-electron chi connectivity index (χ1n) is 7.27. The highest BCUT2D eigenvalue weighted by atomic mass is 16.1. The van der Waals surface area contributed by atoms with Crippen molar-refractivity contribution in [3.63, 3.8) is 0 Å². The molecule has 0 aliphatic heterocycles. The van der Waals surface area contributed by atoms with Crippen molar-refractivity contribution in [3.8, 4) is 0 Å². The van der Waals surface area contributed by atoms with Gasteiger partial charge in [-0.15, -0.1) is 0 Å². The second-order valence-electron chi connectivity index (χ2n) is 5.47. The van der Waals surface area contributed by atoms with Gasteiger partial charge in [0.25, 0.3) is 5.91 Å². The van der Waals surface area contributed by atoms with E-state index in [0.29, 0.717) is 11.3 Å². The van der Waals surface area contributed by atoms with E-state index >= 15 is 0 Å². The molecule has 0 aliphatic rings. The largest absolute Gasteiger partial charge is 0.398 e. The molecule has 2 aromatic carbocycles. The maximum absolute atomic E-state index is 12.2. The summed E-state index contributed by atoms with van der Waals surface area (Å²) in [4.78, 5) is 12.2. The van der Waals surface area contributed by atoms with Gasteiger partial charge in [0.15, 0.2) is 0 Å². The minimum Gasteiger partial charge on any atom is -0.398 e. The fourth-order valence-electron chi connectivity index (χ4n) is 2.19. The normalized spacial score (nSPS) is 11.9. The Hall–Kier alpha value is -2.29. The summed E-state index contributed by atoms with van der Waals surface area (Å²) in [6, 6.07) is 15.8. The minimum atomic E-state index is -0.0674. The molecule has 1 unspecified atom stereocenters. The van der Waals surface area contributed by atoms with Gasteiger partial charge in [-0.05, 0) is 49.9 Å². The zero-order chi connectivity index (χ0) is 15.2. The number of anilines is 1. The number of nitrogens with two attached hydrogens (primary N) is 1. The lowest BCUT2D eigenvalue weighted by Gasteiger charge is -2.14. The zero-order valence-electron chi connectivity index (χ0n) is 12.6. The molecule has 3 N–H and O–H groups in total. The first kappa shape index (κ1) is 15.1. The molecular weight excluding hydrogens is 260 g/mol. The van der Waals surface area contributed by atoms with Crippen LogP contribution in [0.15, 0.2) is 48.5 Å². The van der Waals surface area contributed by atoms with Crippen molar-refractivity contribution in [2.45, 2.75) is 32.7 Å². The lowest BCUT2D eigenvalue weighted by Crippen LogP contribution is -2.32. The summed E-state index contributed by atoms with van der Waals surface area (Å²) in [6.45, 7) is 3.96. The Kier molecular flexibility index (Phi) is 4.99. The average Bonchev–Trinajstić information content (AvgIpc) is 2.49. The molecule has 0 saturated heterocycles. The molecular formula is C18H22N2O. The zero-order valence-corrected chi connectivity index (χ0v) is 12.6. The Bertz CT molecular complexity index is 608. The quantitative estimate of drug-likeness (QED) is 0.826. The Morgan fingerprint density at radius 1 is 1.19 bits per heavy atom. The van der Waals surface area contributed by atoms with E-state index in [-0.39, 0.29) is 11.9 Å². The number of nitrogen functional groups attached to an aromatic ring is 1. The molecule has 0 aliphatic carbocycles. The van der Waals surface area contributed by atoms with Crippen LogP contribution in [0, 0.1) is 6.92 Å². The van der Waals surface area contributed by atoms with Crippen LogP contribution in [0.2, 0.25) is 0 Å². The van der Waals surface area contributed by atoms with E-state index < -0.39 is 0 Å². The number of amides is 1. The first-order chi connectivity index (χ1) is 10.1. The molecule has 1 atom stereocenters. The van der Waals surface area contributed by atoms with Gasteiger partial charge in [-0.1, -0.05) is 36.4 Å². The average molecular weight is 282 g/mol. The highest BCUT2D eigenvalue weighted by molar-refractivity contribution is 5.95. The van der Waals surface area contributed by atoms with Crippen molar-refractivity contribution in [2.75, 3.05) is 5.73 Å². The van der Waals surface area contributed by atoms with E-state index in [9.17, 15) is 4.79 Å².